The molecule has 5 rings (SSSR count). The number of alkyl halides is 1. The highest BCUT2D eigenvalue weighted by Gasteiger charge is 2.57. The van der Waals surface area contributed by atoms with E-state index in [0.717, 1.165) is 6.92 Å². The molecule has 14 atom stereocenters. The fraction of sp³-hybridized carbons (Fsp3) is 0.708. The maximum Gasteiger partial charge on any atom is 0.351 e. The number of carbonyl (C=O) groups is 4. The SMILES string of the molecule is CCC(=O)N=C1[C@H](C)C[C@@]2(C)OC/C(=N/OCc3csc(-c4cccc(NC(=O)[C@@H](N)CC)n4)n3)CO[C@H]([C@H]1C)[C@](C)(O)[C@@H](CC)OC(=O)[C@@](C)(F)C(=O)[C@H](C)[C@H]2O[C@@H]1O[C@H](C)C[C@H](N(C)C)[C@H]1O. The third-order valence-corrected chi connectivity index (χ3v) is 14.3. The number of oxime groups is 1. The first-order valence-corrected chi connectivity index (χ1v) is 24.6. The molecule has 5 heterocycles. The molecule has 3 saturated heterocycles. The number of rotatable bonds is 12. The summed E-state index contributed by atoms with van der Waals surface area (Å²) in [7, 11) is 3.62. The Labute approximate surface area is 408 Å². The minimum Gasteiger partial charge on any atom is -0.457 e. The normalized spacial score (nSPS) is 35.7. The quantitative estimate of drug-likeness (QED) is 0.127. The topological polar surface area (TPSA) is 256 Å². The van der Waals surface area contributed by atoms with Gasteiger partial charge in [-0.25, -0.2) is 24.1 Å². The van der Waals surface area contributed by atoms with Gasteiger partial charge in [0.1, 0.15) is 40.0 Å². The predicted octanol–water partition coefficient (Wildman–Crippen LogP) is 4.80. The summed E-state index contributed by atoms with van der Waals surface area (Å²) < 4.78 is 49.1. The lowest BCUT2D eigenvalue weighted by atomic mass is 9.73. The number of nitrogens with two attached hydrogens (primary N) is 1. The number of ketones is 1. The number of halogens is 1. The first-order chi connectivity index (χ1) is 32.4. The molecule has 2 bridgehead atoms. The van der Waals surface area contributed by atoms with Crippen molar-refractivity contribution in [2.24, 2.45) is 33.6 Å². The van der Waals surface area contributed by atoms with Gasteiger partial charge >= 0.3 is 5.97 Å². The molecule has 0 radical (unpaired) electrons. The highest BCUT2D eigenvalue weighted by molar-refractivity contribution is 7.13. The maximum absolute atomic E-state index is 17.0. The van der Waals surface area contributed by atoms with E-state index < -0.39 is 101 Å². The van der Waals surface area contributed by atoms with Crippen molar-refractivity contribution in [2.75, 3.05) is 32.6 Å². The van der Waals surface area contributed by atoms with Crippen molar-refractivity contribution in [1.29, 1.82) is 0 Å². The molecule has 0 spiro atoms. The first kappa shape index (κ1) is 55.7. The zero-order chi connectivity index (χ0) is 51.2. The summed E-state index contributed by atoms with van der Waals surface area (Å²) in [4.78, 5) is 75.7. The number of esters is 1. The number of hydrogen-bond acceptors (Lipinski definition) is 18. The Morgan fingerprint density at radius 2 is 1.80 bits per heavy atom. The van der Waals surface area contributed by atoms with Gasteiger partial charge in [-0.1, -0.05) is 52.8 Å². The van der Waals surface area contributed by atoms with Gasteiger partial charge in [-0.05, 0) is 85.5 Å². The highest BCUT2D eigenvalue weighted by atomic mass is 32.1. The molecule has 0 aromatic carbocycles. The van der Waals surface area contributed by atoms with Crippen LogP contribution in [-0.4, -0.2) is 153 Å². The number of anilines is 1. The Morgan fingerprint density at radius 3 is 2.45 bits per heavy atom. The van der Waals surface area contributed by atoms with E-state index in [0.29, 0.717) is 40.8 Å². The van der Waals surface area contributed by atoms with Crippen LogP contribution in [0.15, 0.2) is 33.7 Å². The number of thiazole rings is 1. The predicted molar refractivity (Wildman–Crippen MR) is 256 cm³/mol. The molecule has 0 unspecified atom stereocenters. The lowest BCUT2D eigenvalue weighted by Gasteiger charge is -2.47. The average Bonchev–Trinajstić information content (AvgIpc) is 3.78. The highest BCUT2D eigenvalue weighted by Crippen LogP contribution is 2.41. The Bertz CT molecular complexity index is 2190. The van der Waals surface area contributed by atoms with Gasteiger partial charge in [0.15, 0.2) is 18.7 Å². The third kappa shape index (κ3) is 13.0. The second-order valence-corrected chi connectivity index (χ2v) is 20.2. The fourth-order valence-corrected chi connectivity index (χ4v) is 10.1. The van der Waals surface area contributed by atoms with Crippen LogP contribution in [0.4, 0.5) is 10.2 Å². The second kappa shape index (κ2) is 23.4. The summed E-state index contributed by atoms with van der Waals surface area (Å²) in [6.45, 7) is 15.0. The number of aromatic nitrogens is 2. The molecule has 3 aliphatic heterocycles. The zero-order valence-corrected chi connectivity index (χ0v) is 42.7. The van der Waals surface area contributed by atoms with Crippen LogP contribution in [0.5, 0.6) is 0 Å². The van der Waals surface area contributed by atoms with Gasteiger partial charge in [0.25, 0.3) is 5.67 Å². The fourth-order valence-electron chi connectivity index (χ4n) is 9.36. The van der Waals surface area contributed by atoms with Crippen LogP contribution in [-0.2, 0) is 54.3 Å². The molecule has 3 aliphatic rings. The van der Waals surface area contributed by atoms with Gasteiger partial charge < -0.3 is 54.7 Å². The smallest absolute Gasteiger partial charge is 0.351 e. The number of aliphatic imine (C=N–C) groups is 1. The number of fused-ring (bicyclic) bond motifs is 5. The number of likely N-dealkylation sites (N-methyl/N-ethyl adjacent to an activating group) is 1. The number of cyclic esters (lactones) is 1. The lowest BCUT2D eigenvalue weighted by Crippen LogP contribution is -2.61. The molecule has 69 heavy (non-hydrogen) atoms. The maximum atomic E-state index is 17.0. The van der Waals surface area contributed by atoms with Crippen molar-refractivity contribution < 1.29 is 62.3 Å². The number of ether oxygens (including phenoxy) is 5. The third-order valence-electron chi connectivity index (χ3n) is 13.4. The molecule has 3 fully saturated rings. The Morgan fingerprint density at radius 1 is 1.09 bits per heavy atom. The average molecular weight is 990 g/mol. The number of pyridine rings is 1. The molecular weight excluding hydrogens is 918 g/mol. The van der Waals surface area contributed by atoms with E-state index in [9.17, 15) is 29.4 Å². The summed E-state index contributed by atoms with van der Waals surface area (Å²) in [5.74, 6) is -6.20. The van der Waals surface area contributed by atoms with Crippen molar-refractivity contribution in [3.05, 3.63) is 29.3 Å². The minimum absolute atomic E-state index is 0.0233. The number of aliphatic hydroxyl groups is 2. The molecule has 384 valence electrons. The summed E-state index contributed by atoms with van der Waals surface area (Å²) >= 11 is 1.30. The van der Waals surface area contributed by atoms with Crippen molar-refractivity contribution in [2.45, 2.75) is 174 Å². The number of carbonyl (C=O) groups excluding carboxylic acids is 4. The molecule has 0 saturated carbocycles. The molecule has 5 N–H and O–H groups in total. The van der Waals surface area contributed by atoms with Gasteiger partial charge in [-0.2, -0.15) is 0 Å². The molecular formula is C48H72FN7O12S. The van der Waals surface area contributed by atoms with Gasteiger partial charge in [-0.15, -0.1) is 11.3 Å². The van der Waals surface area contributed by atoms with E-state index in [2.05, 4.69) is 25.4 Å². The van der Waals surface area contributed by atoms with E-state index >= 15 is 4.39 Å². The number of nitrogens with zero attached hydrogens (tertiary/aromatic N) is 5. The second-order valence-electron chi connectivity index (χ2n) is 19.3. The standard InChI is InChI=1S/C48H72FN7O12S/c1-13-31(50)42(60)53-35-18-16-17-32(52-35)43-51-30(24-69-43)23-65-55-29-21-63-41-27(6)37(54-36(57)15-3)25(4)20-46(8,64-22-29)40(68-44-38(58)33(56(11)12)19-26(5)66-44)28(7)39(59)47(9,49)45(61)67-34(14-2)48(41,10)62/h16-18,24-28,31,33-34,38,40-41,44,58,62H,13-15,19-23,50H2,1-12H3,(H,52,53,60)/b54-37?,55-29+/t25-,26-,27+,28+,31+,33+,34-,38-,40-,41-,44+,46-,47+,48-/m1/s1. The van der Waals surface area contributed by atoms with E-state index in [1.54, 1.807) is 51.3 Å². The van der Waals surface area contributed by atoms with Gasteiger partial charge in [0.05, 0.1) is 48.9 Å². The summed E-state index contributed by atoms with van der Waals surface area (Å²) in [5.41, 5.74) is 0.420. The molecule has 2 aromatic heterocycles. The number of amides is 2. The lowest BCUT2D eigenvalue weighted by molar-refractivity contribution is -0.296. The zero-order valence-electron chi connectivity index (χ0n) is 41.9. The van der Waals surface area contributed by atoms with Crippen molar-refractivity contribution >= 4 is 52.1 Å². The van der Waals surface area contributed by atoms with Crippen LogP contribution in [0, 0.1) is 17.8 Å². The first-order valence-electron chi connectivity index (χ1n) is 23.7. The molecule has 21 heteroatoms. The monoisotopic (exact) mass is 989 g/mol. The summed E-state index contributed by atoms with van der Waals surface area (Å²) in [6, 6.07) is 4.03. The molecule has 2 aromatic rings. The molecule has 2 amide bonds. The van der Waals surface area contributed by atoms with E-state index in [-0.39, 0.29) is 50.7 Å². The number of hydrogen-bond donors (Lipinski definition) is 4. The summed E-state index contributed by atoms with van der Waals surface area (Å²) in [6.07, 6.45) is -6.21. The number of nitrogens with one attached hydrogen (secondary N) is 1. The molecule has 19 nitrogen and oxygen atoms in total. The summed E-state index contributed by atoms with van der Waals surface area (Å²) in [5, 5.41) is 33.7. The van der Waals surface area contributed by atoms with E-state index in [1.807, 2.05) is 39.8 Å². The van der Waals surface area contributed by atoms with Crippen molar-refractivity contribution in [3.8, 4) is 10.7 Å². The Balaban J connectivity index is 1.61. The Kier molecular flexibility index (Phi) is 18.9. The van der Waals surface area contributed by atoms with E-state index in [4.69, 9.17) is 34.3 Å². The van der Waals surface area contributed by atoms with Crippen LogP contribution in [0.25, 0.3) is 10.7 Å². The number of aliphatic hydroxyl groups excluding tert-OH is 1. The van der Waals surface area contributed by atoms with Crippen molar-refractivity contribution in [1.82, 2.24) is 14.9 Å². The van der Waals surface area contributed by atoms with Gasteiger partial charge in [-0.3, -0.25) is 14.4 Å². The van der Waals surface area contributed by atoms with Crippen LogP contribution in [0.2, 0.25) is 0 Å². The van der Waals surface area contributed by atoms with Crippen LogP contribution in [0.1, 0.15) is 107 Å². The van der Waals surface area contributed by atoms with Gasteiger partial charge in [0, 0.05) is 35.4 Å². The largest absolute Gasteiger partial charge is 0.457 e. The van der Waals surface area contributed by atoms with Gasteiger partial charge in [0.2, 0.25) is 11.8 Å². The number of Topliss-reactive ketones (excluding diaryl/α,β-unsaturated/α-hetero) is 1. The van der Waals surface area contributed by atoms with Crippen molar-refractivity contribution in [3.63, 3.8) is 0 Å². The van der Waals surface area contributed by atoms with Crippen LogP contribution < -0.4 is 11.1 Å². The van der Waals surface area contributed by atoms with Crippen LogP contribution in [0.3, 0.4) is 0 Å². The van der Waals surface area contributed by atoms with Crippen LogP contribution >= 0.6 is 11.3 Å². The minimum atomic E-state index is -3.25. The molecule has 0 aliphatic carbocycles. The van der Waals surface area contributed by atoms with E-state index in [1.165, 1.54) is 25.2 Å². The Hall–Kier alpha value is -4.19.